The van der Waals surface area contributed by atoms with Gasteiger partial charge in [-0.15, -0.1) is 0 Å². The molecule has 1 atom stereocenters. The van der Waals surface area contributed by atoms with Gasteiger partial charge in [-0.1, -0.05) is 13.0 Å². The number of rotatable bonds is 4. The third-order valence-electron chi connectivity index (χ3n) is 1.23. The first-order valence-electron chi connectivity index (χ1n) is 3.46. The van der Waals surface area contributed by atoms with E-state index in [9.17, 15) is 4.79 Å². The molecule has 0 rings (SSSR count). The smallest absolute Gasteiger partial charge is 0.346 e. The maximum atomic E-state index is 10.3. The Morgan fingerprint density at radius 3 is 2.75 bits per heavy atom. The zero-order valence-electron chi connectivity index (χ0n) is 7.07. The van der Waals surface area contributed by atoms with E-state index < -0.39 is 5.97 Å². The third kappa shape index (κ3) is 3.74. The monoisotopic (exact) mass is 169 g/mol. The molecule has 0 amide bonds. The SMILES string of the molecule is COCC(C)C=C(C#N)C(=O)O. The van der Waals surface area contributed by atoms with Gasteiger partial charge >= 0.3 is 5.97 Å². The summed E-state index contributed by atoms with van der Waals surface area (Å²) in [5.41, 5.74) is -0.237. The van der Waals surface area contributed by atoms with Gasteiger partial charge in [0, 0.05) is 7.11 Å². The molecular weight excluding hydrogens is 158 g/mol. The van der Waals surface area contributed by atoms with Crippen molar-refractivity contribution in [1.29, 1.82) is 5.26 Å². The van der Waals surface area contributed by atoms with Gasteiger partial charge in [0.25, 0.3) is 0 Å². The van der Waals surface area contributed by atoms with Crippen LogP contribution < -0.4 is 0 Å². The average molecular weight is 169 g/mol. The molecule has 66 valence electrons. The molecule has 0 spiro atoms. The second kappa shape index (κ2) is 5.33. The zero-order chi connectivity index (χ0) is 9.56. The first-order chi connectivity index (χ1) is 5.61. The Balaban J connectivity index is 4.30. The summed E-state index contributed by atoms with van der Waals surface area (Å²) in [6.07, 6.45) is 1.38. The van der Waals surface area contributed by atoms with Gasteiger partial charge in [-0.3, -0.25) is 0 Å². The molecular formula is C8H11NO3. The van der Waals surface area contributed by atoms with E-state index in [1.807, 2.05) is 0 Å². The van der Waals surface area contributed by atoms with Crippen LogP contribution >= 0.6 is 0 Å². The van der Waals surface area contributed by atoms with E-state index in [4.69, 9.17) is 15.1 Å². The molecule has 0 aromatic heterocycles. The molecule has 4 heteroatoms. The van der Waals surface area contributed by atoms with Gasteiger partial charge in [-0.2, -0.15) is 5.26 Å². The lowest BCUT2D eigenvalue weighted by Crippen LogP contribution is -2.05. The largest absolute Gasteiger partial charge is 0.477 e. The highest BCUT2D eigenvalue weighted by Crippen LogP contribution is 2.02. The second-order valence-corrected chi connectivity index (χ2v) is 2.43. The predicted molar refractivity (Wildman–Crippen MR) is 42.4 cm³/mol. The molecule has 0 aliphatic heterocycles. The second-order valence-electron chi connectivity index (χ2n) is 2.43. The van der Waals surface area contributed by atoms with Crippen molar-refractivity contribution in [3.8, 4) is 6.07 Å². The van der Waals surface area contributed by atoms with Gasteiger partial charge in [-0.25, -0.2) is 4.79 Å². The van der Waals surface area contributed by atoms with E-state index >= 15 is 0 Å². The quantitative estimate of drug-likeness (QED) is 0.499. The number of nitriles is 1. The molecule has 1 unspecified atom stereocenters. The highest BCUT2D eigenvalue weighted by molar-refractivity contribution is 5.90. The summed E-state index contributed by atoms with van der Waals surface area (Å²) in [7, 11) is 1.52. The van der Waals surface area contributed by atoms with Crippen LogP contribution in [-0.4, -0.2) is 24.8 Å². The summed E-state index contributed by atoms with van der Waals surface area (Å²) >= 11 is 0. The number of ether oxygens (including phenoxy) is 1. The van der Waals surface area contributed by atoms with Crippen LogP contribution in [-0.2, 0) is 9.53 Å². The normalized spacial score (nSPS) is 13.6. The van der Waals surface area contributed by atoms with Crippen LogP contribution in [0, 0.1) is 17.2 Å². The van der Waals surface area contributed by atoms with Gasteiger partial charge in [0.1, 0.15) is 11.6 Å². The van der Waals surface area contributed by atoms with Crippen LogP contribution in [0.25, 0.3) is 0 Å². The summed E-state index contributed by atoms with van der Waals surface area (Å²) in [6, 6.07) is 1.60. The molecule has 0 fully saturated rings. The minimum absolute atomic E-state index is 0.0549. The summed E-state index contributed by atoms with van der Waals surface area (Å²) in [4.78, 5) is 10.3. The summed E-state index contributed by atoms with van der Waals surface area (Å²) < 4.78 is 4.78. The van der Waals surface area contributed by atoms with Gasteiger partial charge in [0.2, 0.25) is 0 Å². The molecule has 0 heterocycles. The highest BCUT2D eigenvalue weighted by atomic mass is 16.5. The van der Waals surface area contributed by atoms with E-state index in [0.29, 0.717) is 6.61 Å². The molecule has 0 saturated heterocycles. The molecule has 0 aliphatic carbocycles. The Morgan fingerprint density at radius 2 is 2.42 bits per heavy atom. The molecule has 12 heavy (non-hydrogen) atoms. The lowest BCUT2D eigenvalue weighted by atomic mass is 10.1. The molecule has 0 saturated carbocycles. The number of hydrogen-bond acceptors (Lipinski definition) is 3. The molecule has 1 N–H and O–H groups in total. The summed E-state index contributed by atoms with van der Waals surface area (Å²) in [6.45, 7) is 2.20. The number of carboxylic acid groups (broad SMARTS) is 1. The number of methoxy groups -OCH3 is 1. The number of hydrogen-bond donors (Lipinski definition) is 1. The van der Waals surface area contributed by atoms with Crippen LogP contribution in [0.3, 0.4) is 0 Å². The van der Waals surface area contributed by atoms with Crippen molar-refractivity contribution < 1.29 is 14.6 Å². The van der Waals surface area contributed by atoms with E-state index in [0.717, 1.165) is 0 Å². The first-order valence-corrected chi connectivity index (χ1v) is 3.46. The fourth-order valence-corrected chi connectivity index (χ4v) is 0.752. The summed E-state index contributed by atoms with van der Waals surface area (Å²) in [5.74, 6) is -1.25. The first kappa shape index (κ1) is 10.7. The van der Waals surface area contributed by atoms with Gasteiger partial charge in [0.15, 0.2) is 0 Å². The topological polar surface area (TPSA) is 70.3 Å². The highest BCUT2D eigenvalue weighted by Gasteiger charge is 2.07. The van der Waals surface area contributed by atoms with Crippen LogP contribution in [0.15, 0.2) is 11.6 Å². The average Bonchev–Trinajstić information content (AvgIpc) is 2.00. The minimum Gasteiger partial charge on any atom is -0.477 e. The fraction of sp³-hybridized carbons (Fsp3) is 0.500. The third-order valence-corrected chi connectivity index (χ3v) is 1.23. The van der Waals surface area contributed by atoms with Crippen molar-refractivity contribution in [1.82, 2.24) is 0 Å². The van der Waals surface area contributed by atoms with Crippen molar-refractivity contribution in [2.75, 3.05) is 13.7 Å². The fourth-order valence-electron chi connectivity index (χ4n) is 0.752. The van der Waals surface area contributed by atoms with Gasteiger partial charge < -0.3 is 9.84 Å². The van der Waals surface area contributed by atoms with E-state index in [2.05, 4.69) is 0 Å². The predicted octanol–water partition coefficient (Wildman–Crippen LogP) is 0.803. The minimum atomic E-state index is -1.19. The van der Waals surface area contributed by atoms with Gasteiger partial charge in [-0.05, 0) is 5.92 Å². The van der Waals surface area contributed by atoms with Crippen LogP contribution in [0.5, 0.6) is 0 Å². The molecule has 0 radical (unpaired) electrons. The van der Waals surface area contributed by atoms with Crippen LogP contribution in [0.1, 0.15) is 6.92 Å². The summed E-state index contributed by atoms with van der Waals surface area (Å²) in [5, 5.41) is 16.8. The Kier molecular flexibility index (Phi) is 4.73. The molecule has 0 aliphatic rings. The molecule has 0 aromatic carbocycles. The van der Waals surface area contributed by atoms with Crippen molar-refractivity contribution >= 4 is 5.97 Å². The maximum absolute atomic E-state index is 10.3. The van der Waals surface area contributed by atoms with Crippen LogP contribution in [0.2, 0.25) is 0 Å². The molecule has 0 aromatic rings. The lowest BCUT2D eigenvalue weighted by molar-refractivity contribution is -0.132. The van der Waals surface area contributed by atoms with Crippen LogP contribution in [0.4, 0.5) is 0 Å². The standard InChI is InChI=1S/C8H11NO3/c1-6(5-12-2)3-7(4-9)8(10)11/h3,6H,5H2,1-2H3,(H,10,11). The Bertz CT molecular complexity index is 227. The van der Waals surface area contributed by atoms with Crippen molar-refractivity contribution in [2.45, 2.75) is 6.92 Å². The van der Waals surface area contributed by atoms with E-state index in [-0.39, 0.29) is 11.5 Å². The number of aliphatic carboxylic acids is 1. The molecule has 0 bridgehead atoms. The Labute approximate surface area is 71.1 Å². The zero-order valence-corrected chi connectivity index (χ0v) is 7.07. The van der Waals surface area contributed by atoms with Crippen molar-refractivity contribution in [3.05, 3.63) is 11.6 Å². The number of carbonyl (C=O) groups is 1. The van der Waals surface area contributed by atoms with Gasteiger partial charge in [0.05, 0.1) is 6.61 Å². The van der Waals surface area contributed by atoms with Crippen molar-refractivity contribution in [2.24, 2.45) is 5.92 Å². The lowest BCUT2D eigenvalue weighted by Gasteiger charge is -2.02. The molecule has 4 nitrogen and oxygen atoms in total. The number of nitrogens with zero attached hydrogens (tertiary/aromatic N) is 1. The Morgan fingerprint density at radius 1 is 1.83 bits per heavy atom. The number of carboxylic acids is 1. The van der Waals surface area contributed by atoms with E-state index in [1.54, 1.807) is 13.0 Å². The maximum Gasteiger partial charge on any atom is 0.346 e. The Hall–Kier alpha value is -1.34. The van der Waals surface area contributed by atoms with Crippen molar-refractivity contribution in [3.63, 3.8) is 0 Å². The van der Waals surface area contributed by atoms with E-state index in [1.165, 1.54) is 13.2 Å².